The predicted molar refractivity (Wildman–Crippen MR) is 40.6 cm³/mol. The third-order valence-electron chi connectivity index (χ3n) is 1.54. The molecule has 3 nitrogen and oxygen atoms in total. The van der Waals surface area contributed by atoms with Crippen molar-refractivity contribution in [1.29, 1.82) is 0 Å². The number of rotatable bonds is 0. The first-order valence-electron chi connectivity index (χ1n) is 3.02. The van der Waals surface area contributed by atoms with Gasteiger partial charge in [-0.05, 0) is 5.41 Å². The second-order valence-corrected chi connectivity index (χ2v) is 3.20. The molecule has 2 heterocycles. The van der Waals surface area contributed by atoms with Crippen LogP contribution in [-0.2, 0) is 4.79 Å². The lowest BCUT2D eigenvalue weighted by Crippen LogP contribution is -2.36. The van der Waals surface area contributed by atoms with Gasteiger partial charge < -0.3 is 5.32 Å². The summed E-state index contributed by atoms with van der Waals surface area (Å²) in [6, 6.07) is 0. The van der Waals surface area contributed by atoms with Crippen molar-refractivity contribution < 1.29 is 4.79 Å². The first-order valence-corrected chi connectivity index (χ1v) is 3.96. The summed E-state index contributed by atoms with van der Waals surface area (Å²) < 4.78 is 0. The quantitative estimate of drug-likeness (QED) is 0.547. The van der Waals surface area contributed by atoms with Gasteiger partial charge in [-0.3, -0.25) is 9.79 Å². The van der Waals surface area contributed by atoms with Crippen molar-refractivity contribution >= 4 is 24.0 Å². The van der Waals surface area contributed by atoms with E-state index in [9.17, 15) is 4.79 Å². The molecule has 0 aromatic rings. The Morgan fingerprint density at radius 2 is 2.60 bits per heavy atom. The van der Waals surface area contributed by atoms with Gasteiger partial charge >= 0.3 is 0 Å². The standard InChI is InChI=1S/C6H6N2OS/c9-5-4-1-2-10-6(4)8-3-7-5/h1-4,6H,(H,7,8,9). The van der Waals surface area contributed by atoms with Crippen molar-refractivity contribution in [2.75, 3.05) is 0 Å². The van der Waals surface area contributed by atoms with Gasteiger partial charge in [-0.1, -0.05) is 6.08 Å². The highest BCUT2D eigenvalue weighted by Crippen LogP contribution is 2.31. The lowest BCUT2D eigenvalue weighted by molar-refractivity contribution is -0.122. The maximum absolute atomic E-state index is 11.0. The summed E-state index contributed by atoms with van der Waals surface area (Å²) in [6.45, 7) is 0. The number of hydrogen-bond donors (Lipinski definition) is 1. The minimum atomic E-state index is -0.0324. The maximum atomic E-state index is 11.0. The second-order valence-electron chi connectivity index (χ2n) is 2.17. The summed E-state index contributed by atoms with van der Waals surface area (Å²) in [7, 11) is 0. The molecule has 0 bridgehead atoms. The number of fused-ring (bicyclic) bond motifs is 1. The van der Waals surface area contributed by atoms with E-state index in [1.807, 2.05) is 11.5 Å². The van der Waals surface area contributed by atoms with E-state index in [4.69, 9.17) is 0 Å². The van der Waals surface area contributed by atoms with Crippen LogP contribution in [-0.4, -0.2) is 17.6 Å². The van der Waals surface area contributed by atoms with Crippen LogP contribution in [0.1, 0.15) is 0 Å². The van der Waals surface area contributed by atoms with E-state index < -0.39 is 0 Å². The number of amides is 1. The predicted octanol–water partition coefficient (Wildman–Crippen LogP) is 0.347. The summed E-state index contributed by atoms with van der Waals surface area (Å²) in [4.78, 5) is 15.1. The van der Waals surface area contributed by atoms with Crippen molar-refractivity contribution in [2.45, 2.75) is 5.37 Å². The Kier molecular flexibility index (Phi) is 1.27. The van der Waals surface area contributed by atoms with Crippen molar-refractivity contribution in [2.24, 2.45) is 10.9 Å². The topological polar surface area (TPSA) is 41.5 Å². The largest absolute Gasteiger partial charge is 0.317 e. The molecule has 1 amide bonds. The number of nitrogens with one attached hydrogen (secondary N) is 1. The average Bonchev–Trinajstić information content (AvgIpc) is 2.36. The molecule has 0 aromatic carbocycles. The van der Waals surface area contributed by atoms with E-state index >= 15 is 0 Å². The molecule has 0 aliphatic carbocycles. The first-order chi connectivity index (χ1) is 4.88. The molecule has 0 saturated carbocycles. The van der Waals surface area contributed by atoms with Crippen LogP contribution in [0.3, 0.4) is 0 Å². The zero-order valence-electron chi connectivity index (χ0n) is 5.15. The number of thioether (sulfide) groups is 1. The van der Waals surface area contributed by atoms with Gasteiger partial charge in [-0.2, -0.15) is 0 Å². The van der Waals surface area contributed by atoms with Crippen molar-refractivity contribution in [1.82, 2.24) is 5.32 Å². The number of carbonyl (C=O) groups excluding carboxylic acids is 1. The molecule has 0 saturated heterocycles. The monoisotopic (exact) mass is 154 g/mol. The number of aliphatic imine (C=N–C) groups is 1. The van der Waals surface area contributed by atoms with Gasteiger partial charge in [0.25, 0.3) is 0 Å². The van der Waals surface area contributed by atoms with Crippen LogP contribution in [0, 0.1) is 5.92 Å². The Morgan fingerprint density at radius 1 is 1.70 bits per heavy atom. The highest BCUT2D eigenvalue weighted by Gasteiger charge is 2.31. The summed E-state index contributed by atoms with van der Waals surface area (Å²) in [5.41, 5.74) is 0. The summed E-state index contributed by atoms with van der Waals surface area (Å²) in [6.07, 6.45) is 3.37. The van der Waals surface area contributed by atoms with Crippen LogP contribution in [0.5, 0.6) is 0 Å². The van der Waals surface area contributed by atoms with Crippen LogP contribution in [0.15, 0.2) is 16.5 Å². The third-order valence-corrected chi connectivity index (χ3v) is 2.55. The van der Waals surface area contributed by atoms with Crippen LogP contribution in [0.25, 0.3) is 0 Å². The molecule has 4 heteroatoms. The van der Waals surface area contributed by atoms with Crippen LogP contribution >= 0.6 is 11.8 Å². The fraction of sp³-hybridized carbons (Fsp3) is 0.333. The molecule has 2 rings (SSSR count). The molecule has 1 N–H and O–H groups in total. The Hall–Kier alpha value is -0.770. The van der Waals surface area contributed by atoms with Gasteiger partial charge in [-0.25, -0.2) is 0 Å². The minimum absolute atomic E-state index is 0.0324. The zero-order chi connectivity index (χ0) is 6.97. The molecule has 0 spiro atoms. The lowest BCUT2D eigenvalue weighted by atomic mass is 10.1. The van der Waals surface area contributed by atoms with Crippen molar-refractivity contribution in [3.63, 3.8) is 0 Å². The molecule has 0 radical (unpaired) electrons. The molecule has 52 valence electrons. The molecule has 10 heavy (non-hydrogen) atoms. The van der Waals surface area contributed by atoms with Gasteiger partial charge in [0.1, 0.15) is 5.37 Å². The SMILES string of the molecule is O=C1NC=NC2SC=CC12. The molecular formula is C6H6N2OS. The summed E-state index contributed by atoms with van der Waals surface area (Å²) in [5.74, 6) is 0.0243. The highest BCUT2D eigenvalue weighted by atomic mass is 32.2. The summed E-state index contributed by atoms with van der Waals surface area (Å²) in [5, 5.41) is 4.59. The fourth-order valence-corrected chi connectivity index (χ4v) is 1.94. The second kappa shape index (κ2) is 2.12. The van der Waals surface area contributed by atoms with E-state index in [2.05, 4.69) is 10.3 Å². The molecule has 2 atom stereocenters. The van der Waals surface area contributed by atoms with Crippen molar-refractivity contribution in [3.05, 3.63) is 11.5 Å². The van der Waals surface area contributed by atoms with E-state index in [1.54, 1.807) is 11.8 Å². The Morgan fingerprint density at radius 3 is 3.40 bits per heavy atom. The average molecular weight is 154 g/mol. The third kappa shape index (κ3) is 0.759. The van der Waals surface area contributed by atoms with Gasteiger partial charge in [0.2, 0.25) is 5.91 Å². The molecule has 0 aromatic heterocycles. The van der Waals surface area contributed by atoms with E-state index in [1.165, 1.54) is 6.34 Å². The molecule has 2 aliphatic heterocycles. The summed E-state index contributed by atoms with van der Waals surface area (Å²) >= 11 is 1.59. The van der Waals surface area contributed by atoms with E-state index in [0.29, 0.717) is 0 Å². The number of nitrogens with zero attached hydrogens (tertiary/aromatic N) is 1. The van der Waals surface area contributed by atoms with Gasteiger partial charge in [0.15, 0.2) is 0 Å². The smallest absolute Gasteiger partial charge is 0.235 e. The Bertz CT molecular complexity index is 224. The van der Waals surface area contributed by atoms with Gasteiger partial charge in [-0.15, -0.1) is 11.8 Å². The fourth-order valence-electron chi connectivity index (χ4n) is 1.01. The first kappa shape index (κ1) is 5.97. The van der Waals surface area contributed by atoms with Crippen LogP contribution in [0.2, 0.25) is 0 Å². The van der Waals surface area contributed by atoms with Crippen molar-refractivity contribution in [3.8, 4) is 0 Å². The number of hydrogen-bond acceptors (Lipinski definition) is 3. The lowest BCUT2D eigenvalue weighted by Gasteiger charge is -2.16. The van der Waals surface area contributed by atoms with E-state index in [-0.39, 0.29) is 17.2 Å². The Balaban J connectivity index is 2.28. The van der Waals surface area contributed by atoms with E-state index in [0.717, 1.165) is 0 Å². The normalized spacial score (nSPS) is 35.8. The zero-order valence-corrected chi connectivity index (χ0v) is 5.97. The van der Waals surface area contributed by atoms with Crippen LogP contribution in [0.4, 0.5) is 0 Å². The minimum Gasteiger partial charge on any atom is -0.317 e. The van der Waals surface area contributed by atoms with Crippen LogP contribution < -0.4 is 5.32 Å². The van der Waals surface area contributed by atoms with Gasteiger partial charge in [0.05, 0.1) is 12.3 Å². The molecule has 2 aliphatic rings. The highest BCUT2D eigenvalue weighted by molar-refractivity contribution is 8.03. The van der Waals surface area contributed by atoms with Gasteiger partial charge in [0, 0.05) is 0 Å². The Labute approximate surface area is 62.6 Å². The molecular weight excluding hydrogens is 148 g/mol. The number of carbonyl (C=O) groups is 1. The molecule has 0 fully saturated rings. The molecule has 2 unspecified atom stereocenters. The maximum Gasteiger partial charge on any atom is 0.235 e.